The largest absolute Gasteiger partial charge is 0.464 e. The van der Waals surface area contributed by atoms with Crippen molar-refractivity contribution in [2.24, 2.45) is 0 Å². The molecule has 1 aromatic heterocycles. The first-order valence-electron chi connectivity index (χ1n) is 6.30. The Morgan fingerprint density at radius 3 is 2.90 bits per heavy atom. The zero-order valence-corrected chi connectivity index (χ0v) is 12.5. The molecule has 2 nitrogen and oxygen atoms in total. The van der Waals surface area contributed by atoms with Gasteiger partial charge in [0.05, 0.1) is 10.7 Å². The van der Waals surface area contributed by atoms with Crippen molar-refractivity contribution in [1.29, 1.82) is 0 Å². The minimum absolute atomic E-state index is 0.248. The third-order valence-electron chi connectivity index (χ3n) is 3.30. The van der Waals surface area contributed by atoms with Gasteiger partial charge < -0.3 is 9.73 Å². The van der Waals surface area contributed by atoms with Crippen LogP contribution in [0.15, 0.2) is 51.6 Å². The van der Waals surface area contributed by atoms with E-state index in [2.05, 4.69) is 21.2 Å². The molecule has 0 spiro atoms. The number of fused-ring (bicyclic) bond motifs is 1. The number of halogens is 2. The van der Waals surface area contributed by atoms with Crippen LogP contribution in [0.3, 0.4) is 0 Å². The van der Waals surface area contributed by atoms with Crippen LogP contribution in [0.1, 0.15) is 11.1 Å². The van der Waals surface area contributed by atoms with Gasteiger partial charge in [-0.05, 0) is 46.6 Å². The van der Waals surface area contributed by atoms with E-state index in [0.29, 0.717) is 11.0 Å². The van der Waals surface area contributed by atoms with Crippen LogP contribution in [-0.2, 0) is 6.54 Å². The molecule has 0 atom stereocenters. The normalized spacial score (nSPS) is 10.9. The lowest BCUT2D eigenvalue weighted by Gasteiger charge is -2.10. The van der Waals surface area contributed by atoms with Gasteiger partial charge in [0, 0.05) is 23.2 Å². The molecule has 0 bridgehead atoms. The SMILES string of the molecule is Cc1cc(F)c(Br)cc1NCc1coc2ccccc12. The first-order chi connectivity index (χ1) is 9.65. The number of para-hydroxylation sites is 1. The van der Waals surface area contributed by atoms with Gasteiger partial charge in [0.1, 0.15) is 11.4 Å². The maximum absolute atomic E-state index is 13.4. The summed E-state index contributed by atoms with van der Waals surface area (Å²) in [5, 5.41) is 4.42. The summed E-state index contributed by atoms with van der Waals surface area (Å²) in [7, 11) is 0. The second kappa shape index (κ2) is 5.29. The lowest BCUT2D eigenvalue weighted by atomic mass is 10.1. The number of aryl methyl sites for hydroxylation is 1. The van der Waals surface area contributed by atoms with E-state index < -0.39 is 0 Å². The summed E-state index contributed by atoms with van der Waals surface area (Å²) in [4.78, 5) is 0. The number of furan rings is 1. The summed E-state index contributed by atoms with van der Waals surface area (Å²) in [6.45, 7) is 2.52. The van der Waals surface area contributed by atoms with Gasteiger partial charge in [0.15, 0.2) is 0 Å². The third kappa shape index (κ3) is 2.43. The molecule has 2 aromatic carbocycles. The molecule has 4 heteroatoms. The molecule has 0 unspecified atom stereocenters. The van der Waals surface area contributed by atoms with E-state index in [4.69, 9.17) is 4.42 Å². The van der Waals surface area contributed by atoms with Crippen molar-refractivity contribution in [3.8, 4) is 0 Å². The van der Waals surface area contributed by atoms with Crippen LogP contribution < -0.4 is 5.32 Å². The second-order valence-corrected chi connectivity index (χ2v) is 5.55. The van der Waals surface area contributed by atoms with Gasteiger partial charge in [-0.15, -0.1) is 0 Å². The highest BCUT2D eigenvalue weighted by molar-refractivity contribution is 9.10. The van der Waals surface area contributed by atoms with E-state index in [1.165, 1.54) is 6.07 Å². The number of hydrogen-bond donors (Lipinski definition) is 1. The molecule has 1 heterocycles. The van der Waals surface area contributed by atoms with Crippen LogP contribution in [0.25, 0.3) is 11.0 Å². The highest BCUT2D eigenvalue weighted by Gasteiger charge is 2.08. The van der Waals surface area contributed by atoms with Crippen molar-refractivity contribution in [2.75, 3.05) is 5.32 Å². The molecule has 0 aliphatic carbocycles. The molecule has 3 rings (SSSR count). The minimum Gasteiger partial charge on any atom is -0.464 e. The molecule has 1 N–H and O–H groups in total. The number of nitrogens with one attached hydrogen (secondary N) is 1. The molecular weight excluding hydrogens is 321 g/mol. The second-order valence-electron chi connectivity index (χ2n) is 4.69. The van der Waals surface area contributed by atoms with Gasteiger partial charge >= 0.3 is 0 Å². The van der Waals surface area contributed by atoms with Gasteiger partial charge in [-0.3, -0.25) is 0 Å². The Morgan fingerprint density at radius 1 is 1.25 bits per heavy atom. The predicted molar refractivity (Wildman–Crippen MR) is 82.4 cm³/mol. The molecule has 20 heavy (non-hydrogen) atoms. The van der Waals surface area contributed by atoms with Crippen LogP contribution in [-0.4, -0.2) is 0 Å². The van der Waals surface area contributed by atoms with Crippen molar-refractivity contribution < 1.29 is 8.81 Å². The van der Waals surface area contributed by atoms with E-state index in [0.717, 1.165) is 27.8 Å². The van der Waals surface area contributed by atoms with Crippen LogP contribution in [0.4, 0.5) is 10.1 Å². The highest BCUT2D eigenvalue weighted by atomic mass is 79.9. The fourth-order valence-corrected chi connectivity index (χ4v) is 2.54. The highest BCUT2D eigenvalue weighted by Crippen LogP contribution is 2.26. The van der Waals surface area contributed by atoms with Gasteiger partial charge in [0.25, 0.3) is 0 Å². The number of rotatable bonds is 3. The Labute approximate surface area is 124 Å². The molecule has 0 saturated carbocycles. The zero-order chi connectivity index (χ0) is 14.1. The summed E-state index contributed by atoms with van der Waals surface area (Å²) >= 11 is 3.21. The molecule has 0 saturated heterocycles. The molecule has 3 aromatic rings. The maximum atomic E-state index is 13.4. The fraction of sp³-hybridized carbons (Fsp3) is 0.125. The molecule has 0 fully saturated rings. The first-order valence-corrected chi connectivity index (χ1v) is 7.09. The standard InChI is InChI=1S/C16H13BrFNO/c1-10-6-14(18)13(17)7-15(10)19-8-11-9-20-16-5-3-2-4-12(11)16/h2-7,9,19H,8H2,1H3. The van der Waals surface area contributed by atoms with Gasteiger partial charge in [-0.25, -0.2) is 4.39 Å². The van der Waals surface area contributed by atoms with E-state index >= 15 is 0 Å². The van der Waals surface area contributed by atoms with E-state index in [1.807, 2.05) is 31.2 Å². The lowest BCUT2D eigenvalue weighted by Crippen LogP contribution is -2.01. The topological polar surface area (TPSA) is 25.2 Å². The fourth-order valence-electron chi connectivity index (χ4n) is 2.20. The zero-order valence-electron chi connectivity index (χ0n) is 10.9. The minimum atomic E-state index is -0.248. The van der Waals surface area contributed by atoms with Crippen molar-refractivity contribution >= 4 is 32.6 Å². The Hall–Kier alpha value is -1.81. The summed E-state index contributed by atoms with van der Waals surface area (Å²) in [5.74, 6) is -0.248. The number of hydrogen-bond acceptors (Lipinski definition) is 2. The van der Waals surface area contributed by atoms with Crippen LogP contribution in [0.2, 0.25) is 0 Å². The quantitative estimate of drug-likeness (QED) is 0.707. The van der Waals surface area contributed by atoms with E-state index in [-0.39, 0.29) is 5.82 Å². The van der Waals surface area contributed by atoms with Gasteiger partial charge in [-0.1, -0.05) is 18.2 Å². The summed E-state index contributed by atoms with van der Waals surface area (Å²) < 4.78 is 19.4. The van der Waals surface area contributed by atoms with Gasteiger partial charge in [-0.2, -0.15) is 0 Å². The molecule has 0 aliphatic heterocycles. The third-order valence-corrected chi connectivity index (χ3v) is 3.91. The Morgan fingerprint density at radius 2 is 2.05 bits per heavy atom. The molecule has 0 aliphatic rings. The van der Waals surface area contributed by atoms with Crippen molar-refractivity contribution in [3.63, 3.8) is 0 Å². The Bertz CT molecular complexity index is 766. The van der Waals surface area contributed by atoms with Crippen molar-refractivity contribution in [1.82, 2.24) is 0 Å². The smallest absolute Gasteiger partial charge is 0.137 e. The lowest BCUT2D eigenvalue weighted by molar-refractivity contribution is 0.611. The van der Waals surface area contributed by atoms with E-state index in [1.54, 1.807) is 12.3 Å². The maximum Gasteiger partial charge on any atom is 0.137 e. The molecular formula is C16H13BrFNO. The molecule has 0 amide bonds. The number of benzene rings is 2. The van der Waals surface area contributed by atoms with Crippen LogP contribution in [0, 0.1) is 12.7 Å². The summed E-state index contributed by atoms with van der Waals surface area (Å²) in [6, 6.07) is 11.2. The monoisotopic (exact) mass is 333 g/mol. The number of anilines is 1. The van der Waals surface area contributed by atoms with Crippen LogP contribution >= 0.6 is 15.9 Å². The molecule has 102 valence electrons. The van der Waals surface area contributed by atoms with Crippen molar-refractivity contribution in [3.05, 3.63) is 64.1 Å². The van der Waals surface area contributed by atoms with Crippen molar-refractivity contribution in [2.45, 2.75) is 13.5 Å². The van der Waals surface area contributed by atoms with Gasteiger partial charge in [0.2, 0.25) is 0 Å². The van der Waals surface area contributed by atoms with E-state index in [9.17, 15) is 4.39 Å². The van der Waals surface area contributed by atoms with Crippen LogP contribution in [0.5, 0.6) is 0 Å². The summed E-state index contributed by atoms with van der Waals surface area (Å²) in [5.41, 5.74) is 3.74. The molecule has 0 radical (unpaired) electrons. The Balaban J connectivity index is 1.85. The average molecular weight is 334 g/mol. The predicted octanol–water partition coefficient (Wildman–Crippen LogP) is 5.25. The Kier molecular flexibility index (Phi) is 3.49. The summed E-state index contributed by atoms with van der Waals surface area (Å²) in [6.07, 6.45) is 1.76. The average Bonchev–Trinajstić information content (AvgIpc) is 2.85. The first kappa shape index (κ1) is 13.2.